The lowest BCUT2D eigenvalue weighted by Crippen LogP contribution is -2.42. The number of carboxylic acid groups (broad SMARTS) is 2. The first-order valence-electron chi connectivity index (χ1n) is 24.0. The molecule has 2 aromatic rings. The van der Waals surface area contributed by atoms with Crippen molar-refractivity contribution in [3.05, 3.63) is 22.2 Å². The van der Waals surface area contributed by atoms with E-state index in [1.807, 2.05) is 23.9 Å². The Balaban J connectivity index is 0.000000254. The van der Waals surface area contributed by atoms with Crippen LogP contribution in [0.5, 0.6) is 0 Å². The van der Waals surface area contributed by atoms with Gasteiger partial charge in [-0.15, -0.1) is 0 Å². The van der Waals surface area contributed by atoms with Crippen LogP contribution in [0.2, 0.25) is 10.6 Å². The van der Waals surface area contributed by atoms with Gasteiger partial charge in [-0.1, -0.05) is 65.2 Å². The number of carbonyl (C=O) groups excluding carboxylic acids is 2. The van der Waals surface area contributed by atoms with Crippen LogP contribution in [0.15, 0.2) is 0 Å². The highest BCUT2D eigenvalue weighted by atomic mass is 35.5. The zero-order valence-corrected chi connectivity index (χ0v) is 41.1. The largest absolute Gasteiger partial charge is 0.465 e. The van der Waals surface area contributed by atoms with Crippen LogP contribution in [-0.2, 0) is 9.59 Å². The van der Waals surface area contributed by atoms with Gasteiger partial charge in [0, 0.05) is 51.4 Å². The van der Waals surface area contributed by atoms with Crippen LogP contribution in [0.3, 0.4) is 0 Å². The highest BCUT2D eigenvalue weighted by molar-refractivity contribution is 6.28. The molecule has 2 aliphatic heterocycles. The summed E-state index contributed by atoms with van der Waals surface area (Å²) in [5.74, 6) is -2.88. The molecule has 4 aliphatic rings. The minimum atomic E-state index is -1.19. The van der Waals surface area contributed by atoms with Crippen molar-refractivity contribution in [3.8, 4) is 0 Å². The topological polar surface area (TPSA) is 245 Å². The number of nitrogens with one attached hydrogen (secondary N) is 6. The average Bonchev–Trinajstić information content (AvgIpc) is 4.17. The lowest BCUT2D eigenvalue weighted by molar-refractivity contribution is -0.125. The maximum absolute atomic E-state index is 15.4. The number of aromatic nitrogens is 4. The lowest BCUT2D eigenvalue weighted by atomic mass is 9.92. The SMILES string of the molecule is CCN(C)C[C@@H]1CCCN1c1nc(Cl)nc(NNC(=O)[C@@H](CNC(=O)O)CC2CCCC2)c1F.CCN(C)C[C@@H]1CCCN1c1nc(Cl)nc(NNC(=O)[C@@H](CNC(=O)O)CC2CCCC2)c1F. The molecule has 24 heteroatoms. The van der Waals surface area contributed by atoms with Crippen LogP contribution in [0.25, 0.3) is 0 Å². The summed E-state index contributed by atoms with van der Waals surface area (Å²) in [6, 6.07) is 0.205. The number of rotatable bonds is 22. The Hall–Kier alpha value is -4.80. The van der Waals surface area contributed by atoms with E-state index in [9.17, 15) is 19.2 Å². The molecule has 4 heterocycles. The van der Waals surface area contributed by atoms with E-state index in [2.05, 4.69) is 75.9 Å². The molecule has 0 aromatic carbocycles. The predicted molar refractivity (Wildman–Crippen MR) is 257 cm³/mol. The molecule has 2 aliphatic carbocycles. The Morgan fingerprint density at radius 2 is 1.00 bits per heavy atom. The maximum Gasteiger partial charge on any atom is 0.404 e. The summed E-state index contributed by atoms with van der Waals surface area (Å²) in [6.45, 7) is 8.73. The lowest BCUT2D eigenvalue weighted by Gasteiger charge is -2.29. The summed E-state index contributed by atoms with van der Waals surface area (Å²) in [4.78, 5) is 71.8. The Bertz CT molecular complexity index is 1850. The third-order valence-electron chi connectivity index (χ3n) is 13.6. The monoisotopic (exact) mass is 998 g/mol. The smallest absolute Gasteiger partial charge is 0.404 e. The first kappa shape index (κ1) is 54.1. The summed E-state index contributed by atoms with van der Waals surface area (Å²) in [5.41, 5.74) is 10.1. The van der Waals surface area contributed by atoms with Crippen molar-refractivity contribution in [2.75, 3.05) is 87.1 Å². The van der Waals surface area contributed by atoms with Crippen LogP contribution in [0, 0.1) is 35.3 Å². The zero-order chi connectivity index (χ0) is 49.3. The molecule has 8 N–H and O–H groups in total. The van der Waals surface area contributed by atoms with E-state index in [4.69, 9.17) is 33.4 Å². The number of hydrogen-bond donors (Lipinski definition) is 8. The molecule has 0 spiro atoms. The predicted octanol–water partition coefficient (Wildman–Crippen LogP) is 6.19. The number of anilines is 4. The van der Waals surface area contributed by atoms with E-state index in [1.54, 1.807) is 0 Å². The molecule has 68 heavy (non-hydrogen) atoms. The van der Waals surface area contributed by atoms with Gasteiger partial charge in [-0.3, -0.25) is 31.3 Å². The normalized spacial score (nSPS) is 19.4. The third-order valence-corrected chi connectivity index (χ3v) is 13.9. The van der Waals surface area contributed by atoms with E-state index in [-0.39, 0.29) is 59.0 Å². The Morgan fingerprint density at radius 1 is 0.632 bits per heavy atom. The van der Waals surface area contributed by atoms with Gasteiger partial charge in [-0.25, -0.2) is 9.59 Å². The van der Waals surface area contributed by atoms with Gasteiger partial charge in [-0.05, 0) is 101 Å². The summed E-state index contributed by atoms with van der Waals surface area (Å²) < 4.78 is 30.8. The number of carbonyl (C=O) groups is 4. The van der Waals surface area contributed by atoms with Gasteiger partial charge in [0.25, 0.3) is 0 Å². The van der Waals surface area contributed by atoms with Gasteiger partial charge in [0.05, 0.1) is 11.8 Å². The van der Waals surface area contributed by atoms with Gasteiger partial charge in [0.15, 0.2) is 23.3 Å². The number of amides is 4. The van der Waals surface area contributed by atoms with Crippen LogP contribution in [-0.4, -0.2) is 142 Å². The van der Waals surface area contributed by atoms with Crippen molar-refractivity contribution in [3.63, 3.8) is 0 Å². The summed E-state index contributed by atoms with van der Waals surface area (Å²) in [7, 11) is 4.03. The van der Waals surface area contributed by atoms with Crippen molar-refractivity contribution >= 4 is 70.5 Å². The van der Waals surface area contributed by atoms with Crippen LogP contribution in [0.1, 0.15) is 104 Å². The van der Waals surface area contributed by atoms with Gasteiger partial charge in [0.1, 0.15) is 0 Å². The Labute approximate surface area is 407 Å². The molecule has 4 fully saturated rings. The van der Waals surface area contributed by atoms with Crippen molar-refractivity contribution in [1.29, 1.82) is 0 Å². The first-order valence-corrected chi connectivity index (χ1v) is 24.7. The second kappa shape index (κ2) is 26.8. The highest BCUT2D eigenvalue weighted by Crippen LogP contribution is 2.34. The number of nitrogens with zero attached hydrogens (tertiary/aromatic N) is 8. The molecule has 4 amide bonds. The summed E-state index contributed by atoms with van der Waals surface area (Å²) >= 11 is 12.2. The van der Waals surface area contributed by atoms with Crippen LogP contribution < -0.4 is 42.1 Å². The standard InChI is InChI=1S/2C22H35ClFN7O3/c2*1-3-30(2)13-16-9-6-10-31(16)19-17(24)18(26-21(23)27-19)28-29-20(32)15(12-25-22(33)34)11-14-7-4-5-8-14/h2*14-16,25H,3-13H2,1-2H3,(H,29,32)(H,33,34)(H,26,27,28)/t2*15-,16+/m11/s1. The van der Waals surface area contributed by atoms with E-state index in [0.29, 0.717) is 37.8 Å². The molecular weight excluding hydrogens is 929 g/mol. The molecule has 4 atom stereocenters. The fourth-order valence-electron chi connectivity index (χ4n) is 9.68. The number of likely N-dealkylation sites (N-methyl/N-ethyl adjacent to an activating group) is 2. The quantitative estimate of drug-likeness (QED) is 0.0484. The molecule has 0 unspecified atom stereocenters. The van der Waals surface area contributed by atoms with Gasteiger partial charge in [0.2, 0.25) is 34.0 Å². The fourth-order valence-corrected chi connectivity index (χ4v) is 10.0. The molecule has 20 nitrogen and oxygen atoms in total. The van der Waals surface area contributed by atoms with E-state index >= 15 is 8.78 Å². The highest BCUT2D eigenvalue weighted by Gasteiger charge is 2.33. The second-order valence-corrected chi connectivity index (χ2v) is 19.1. The Kier molecular flexibility index (Phi) is 21.4. The third kappa shape index (κ3) is 16.1. The van der Waals surface area contributed by atoms with Gasteiger partial charge in [-0.2, -0.15) is 28.7 Å². The number of halogens is 4. The molecular formula is C44H70Cl2F2N14O6. The minimum absolute atomic E-state index is 0.0159. The molecule has 0 radical (unpaired) electrons. The molecule has 6 rings (SSSR count). The van der Waals surface area contributed by atoms with Crippen molar-refractivity contribution in [2.45, 2.75) is 116 Å². The van der Waals surface area contributed by atoms with Crippen LogP contribution in [0.4, 0.5) is 41.6 Å². The van der Waals surface area contributed by atoms with E-state index < -0.39 is 47.5 Å². The minimum Gasteiger partial charge on any atom is -0.465 e. The maximum atomic E-state index is 15.4. The van der Waals surface area contributed by atoms with E-state index in [1.165, 1.54) is 0 Å². The van der Waals surface area contributed by atoms with Gasteiger partial charge >= 0.3 is 12.2 Å². The number of hydrazine groups is 2. The molecule has 0 bridgehead atoms. The molecule has 380 valence electrons. The average molecular weight is 1000 g/mol. The van der Waals surface area contributed by atoms with Crippen molar-refractivity contribution in [2.24, 2.45) is 23.7 Å². The first-order chi connectivity index (χ1) is 32.6. The Morgan fingerprint density at radius 3 is 1.34 bits per heavy atom. The number of hydrogen-bond acceptors (Lipinski definition) is 14. The van der Waals surface area contributed by atoms with E-state index in [0.717, 1.165) is 103 Å². The summed E-state index contributed by atoms with van der Waals surface area (Å²) in [6.07, 6.45) is 11.0. The van der Waals surface area contributed by atoms with Gasteiger partial charge < -0.3 is 40.4 Å². The second-order valence-electron chi connectivity index (χ2n) is 18.4. The van der Waals surface area contributed by atoms with Crippen molar-refractivity contribution in [1.82, 2.24) is 51.2 Å². The zero-order valence-electron chi connectivity index (χ0n) is 39.6. The molecule has 2 aromatic heterocycles. The van der Waals surface area contributed by atoms with Crippen LogP contribution >= 0.6 is 23.2 Å². The fraction of sp³-hybridized carbons (Fsp3) is 0.727. The molecule has 2 saturated carbocycles. The summed E-state index contributed by atoms with van der Waals surface area (Å²) in [5, 5.41) is 22.2. The van der Waals surface area contributed by atoms with Crippen molar-refractivity contribution < 1.29 is 38.2 Å². The molecule has 2 saturated heterocycles.